The van der Waals surface area contributed by atoms with E-state index in [9.17, 15) is 4.79 Å². The summed E-state index contributed by atoms with van der Waals surface area (Å²) in [5.41, 5.74) is 1.51. The van der Waals surface area contributed by atoms with Gasteiger partial charge in [-0.15, -0.1) is 0 Å². The number of hydrogen-bond donors (Lipinski definition) is 0. The third kappa shape index (κ3) is 3.47. The minimum absolute atomic E-state index is 0.0161. The van der Waals surface area contributed by atoms with Gasteiger partial charge in [0.2, 0.25) is 5.88 Å². The number of rotatable bonds is 4. The van der Waals surface area contributed by atoms with E-state index in [2.05, 4.69) is 20.9 Å². The SMILES string of the molecule is COc1ccc(Br)c(C(=O)N2CC(Oc3cccc(C)n3)C2)c1. The summed E-state index contributed by atoms with van der Waals surface area (Å²) in [7, 11) is 1.58. The van der Waals surface area contributed by atoms with Crippen molar-refractivity contribution < 1.29 is 14.3 Å². The first-order valence-corrected chi connectivity index (χ1v) is 8.09. The Bertz CT molecular complexity index is 730. The van der Waals surface area contributed by atoms with Gasteiger partial charge >= 0.3 is 0 Å². The van der Waals surface area contributed by atoms with E-state index >= 15 is 0 Å². The van der Waals surface area contributed by atoms with Gasteiger partial charge < -0.3 is 14.4 Å². The van der Waals surface area contributed by atoms with E-state index in [0.717, 1.165) is 10.2 Å². The number of aryl methyl sites for hydroxylation is 1. The monoisotopic (exact) mass is 376 g/mol. The second-order valence-electron chi connectivity index (χ2n) is 5.41. The van der Waals surface area contributed by atoms with E-state index in [1.807, 2.05) is 37.3 Å². The van der Waals surface area contributed by atoms with Crippen molar-refractivity contribution in [2.75, 3.05) is 20.2 Å². The smallest absolute Gasteiger partial charge is 0.255 e. The van der Waals surface area contributed by atoms with Crippen LogP contribution in [0.4, 0.5) is 0 Å². The van der Waals surface area contributed by atoms with Crippen LogP contribution < -0.4 is 9.47 Å². The first kappa shape index (κ1) is 15.8. The van der Waals surface area contributed by atoms with Gasteiger partial charge in [0.15, 0.2) is 0 Å². The standard InChI is InChI=1S/C17H17BrN2O3/c1-11-4-3-5-16(19-11)23-13-9-20(10-13)17(21)14-8-12(22-2)6-7-15(14)18/h3-8,13H,9-10H2,1-2H3. The zero-order valence-electron chi connectivity index (χ0n) is 13.0. The summed E-state index contributed by atoms with van der Waals surface area (Å²) in [5.74, 6) is 1.23. The number of carbonyl (C=O) groups is 1. The highest BCUT2D eigenvalue weighted by Crippen LogP contribution is 2.26. The van der Waals surface area contributed by atoms with Crippen molar-refractivity contribution in [1.82, 2.24) is 9.88 Å². The third-order valence-corrected chi connectivity index (χ3v) is 4.38. The van der Waals surface area contributed by atoms with Gasteiger partial charge in [0.25, 0.3) is 5.91 Å². The molecule has 0 bridgehead atoms. The molecule has 2 heterocycles. The molecule has 0 N–H and O–H groups in total. The second-order valence-corrected chi connectivity index (χ2v) is 6.27. The summed E-state index contributed by atoms with van der Waals surface area (Å²) < 4.78 is 11.7. The number of nitrogens with zero attached hydrogens (tertiary/aromatic N) is 2. The molecule has 23 heavy (non-hydrogen) atoms. The zero-order chi connectivity index (χ0) is 16.4. The summed E-state index contributed by atoms with van der Waals surface area (Å²) >= 11 is 3.41. The molecule has 0 atom stereocenters. The zero-order valence-corrected chi connectivity index (χ0v) is 14.5. The highest BCUT2D eigenvalue weighted by molar-refractivity contribution is 9.10. The van der Waals surface area contributed by atoms with Crippen molar-refractivity contribution in [2.24, 2.45) is 0 Å². The molecule has 1 saturated heterocycles. The number of hydrogen-bond acceptors (Lipinski definition) is 4. The lowest BCUT2D eigenvalue weighted by molar-refractivity contribution is 0.0158. The lowest BCUT2D eigenvalue weighted by Gasteiger charge is -2.38. The molecule has 1 aromatic heterocycles. The van der Waals surface area contributed by atoms with E-state index in [4.69, 9.17) is 9.47 Å². The molecule has 1 aliphatic rings. The molecule has 3 rings (SSSR count). The Labute approximate surface area is 143 Å². The van der Waals surface area contributed by atoms with Crippen LogP contribution in [-0.2, 0) is 0 Å². The molecule has 1 aliphatic heterocycles. The number of pyridine rings is 1. The lowest BCUT2D eigenvalue weighted by atomic mass is 10.1. The molecule has 0 aliphatic carbocycles. The fourth-order valence-corrected chi connectivity index (χ4v) is 2.81. The summed E-state index contributed by atoms with van der Waals surface area (Å²) in [5, 5.41) is 0. The van der Waals surface area contributed by atoms with Crippen LogP contribution >= 0.6 is 15.9 Å². The van der Waals surface area contributed by atoms with Crippen molar-refractivity contribution in [3.05, 3.63) is 52.1 Å². The Kier molecular flexibility index (Phi) is 4.52. The molecule has 5 nitrogen and oxygen atoms in total. The fraction of sp³-hybridized carbons (Fsp3) is 0.294. The molecule has 2 aromatic rings. The average molecular weight is 377 g/mol. The van der Waals surface area contributed by atoms with E-state index in [1.165, 1.54) is 0 Å². The van der Waals surface area contributed by atoms with Crippen LogP contribution in [0, 0.1) is 6.92 Å². The largest absolute Gasteiger partial charge is 0.497 e. The number of likely N-dealkylation sites (tertiary alicyclic amines) is 1. The van der Waals surface area contributed by atoms with E-state index in [0.29, 0.717) is 30.3 Å². The maximum Gasteiger partial charge on any atom is 0.255 e. The Balaban J connectivity index is 1.62. The van der Waals surface area contributed by atoms with Gasteiger partial charge in [-0.1, -0.05) is 6.07 Å². The number of aromatic nitrogens is 1. The lowest BCUT2D eigenvalue weighted by Crippen LogP contribution is -2.56. The Morgan fingerprint density at radius 2 is 2.09 bits per heavy atom. The van der Waals surface area contributed by atoms with Crippen molar-refractivity contribution in [2.45, 2.75) is 13.0 Å². The van der Waals surface area contributed by atoms with Crippen LogP contribution in [0.3, 0.4) is 0 Å². The number of benzene rings is 1. The molecular formula is C17H17BrN2O3. The minimum Gasteiger partial charge on any atom is -0.497 e. The molecule has 1 amide bonds. The predicted molar refractivity (Wildman–Crippen MR) is 90.0 cm³/mol. The first-order chi connectivity index (χ1) is 11.1. The maximum absolute atomic E-state index is 12.5. The van der Waals surface area contributed by atoms with Crippen LogP contribution in [0.2, 0.25) is 0 Å². The Morgan fingerprint density at radius 3 is 2.78 bits per heavy atom. The Hall–Kier alpha value is -2.08. The topological polar surface area (TPSA) is 51.7 Å². The van der Waals surface area contributed by atoms with Crippen LogP contribution in [0.15, 0.2) is 40.9 Å². The Morgan fingerprint density at radius 1 is 1.30 bits per heavy atom. The fourth-order valence-electron chi connectivity index (χ4n) is 2.40. The van der Waals surface area contributed by atoms with Crippen molar-refractivity contribution >= 4 is 21.8 Å². The quantitative estimate of drug-likeness (QED) is 0.822. The van der Waals surface area contributed by atoms with Gasteiger partial charge in [-0.25, -0.2) is 4.98 Å². The summed E-state index contributed by atoms with van der Waals surface area (Å²) in [6.07, 6.45) is -0.0161. The van der Waals surface area contributed by atoms with E-state index in [1.54, 1.807) is 18.1 Å². The molecule has 120 valence electrons. The maximum atomic E-state index is 12.5. The van der Waals surface area contributed by atoms with Gasteiger partial charge in [0, 0.05) is 16.2 Å². The number of ether oxygens (including phenoxy) is 2. The van der Waals surface area contributed by atoms with E-state index < -0.39 is 0 Å². The van der Waals surface area contributed by atoms with Gasteiger partial charge in [0.1, 0.15) is 11.9 Å². The molecular weight excluding hydrogens is 360 g/mol. The number of methoxy groups -OCH3 is 1. The van der Waals surface area contributed by atoms with Crippen LogP contribution in [0.5, 0.6) is 11.6 Å². The van der Waals surface area contributed by atoms with Gasteiger partial charge in [-0.05, 0) is 47.1 Å². The molecule has 6 heteroatoms. The van der Waals surface area contributed by atoms with Crippen LogP contribution in [0.25, 0.3) is 0 Å². The minimum atomic E-state index is -0.0344. The summed E-state index contributed by atoms with van der Waals surface area (Å²) in [6.45, 7) is 3.03. The molecule has 0 radical (unpaired) electrons. The summed E-state index contributed by atoms with van der Waals surface area (Å²) in [6, 6.07) is 11.0. The molecule has 1 aromatic carbocycles. The molecule has 0 spiro atoms. The number of carbonyl (C=O) groups excluding carboxylic acids is 1. The average Bonchev–Trinajstić information content (AvgIpc) is 2.50. The molecule has 0 saturated carbocycles. The molecule has 1 fully saturated rings. The van der Waals surface area contributed by atoms with Crippen molar-refractivity contribution in [3.63, 3.8) is 0 Å². The number of halogens is 1. The third-order valence-electron chi connectivity index (χ3n) is 3.69. The van der Waals surface area contributed by atoms with Crippen LogP contribution in [0.1, 0.15) is 16.1 Å². The van der Waals surface area contributed by atoms with Crippen molar-refractivity contribution in [3.8, 4) is 11.6 Å². The van der Waals surface area contributed by atoms with Gasteiger partial charge in [0.05, 0.1) is 25.8 Å². The second kappa shape index (κ2) is 6.58. The predicted octanol–water partition coefficient (Wildman–Crippen LogP) is 3.06. The summed E-state index contributed by atoms with van der Waals surface area (Å²) in [4.78, 5) is 18.6. The van der Waals surface area contributed by atoms with Crippen LogP contribution in [-0.4, -0.2) is 42.1 Å². The first-order valence-electron chi connectivity index (χ1n) is 7.30. The normalized spacial score (nSPS) is 14.3. The van der Waals surface area contributed by atoms with E-state index in [-0.39, 0.29) is 12.0 Å². The van der Waals surface area contributed by atoms with Crippen molar-refractivity contribution in [1.29, 1.82) is 0 Å². The molecule has 0 unspecified atom stereocenters. The van der Waals surface area contributed by atoms with Gasteiger partial charge in [-0.2, -0.15) is 0 Å². The van der Waals surface area contributed by atoms with Gasteiger partial charge in [-0.3, -0.25) is 4.79 Å². The highest BCUT2D eigenvalue weighted by atomic mass is 79.9. The highest BCUT2D eigenvalue weighted by Gasteiger charge is 2.34. The number of amides is 1.